The van der Waals surface area contributed by atoms with E-state index in [1.807, 2.05) is 6.92 Å². The second-order valence-electron chi connectivity index (χ2n) is 4.75. The molecule has 0 aromatic heterocycles. The van der Waals surface area contributed by atoms with Crippen LogP contribution in [0.3, 0.4) is 0 Å². The molecule has 0 N–H and O–H groups in total. The zero-order chi connectivity index (χ0) is 13.8. The fraction of sp³-hybridized carbons (Fsp3) is 0.929. The molecule has 0 radical (unpaired) electrons. The van der Waals surface area contributed by atoms with Gasteiger partial charge in [-0.25, -0.2) is 0 Å². The Kier molecular flexibility index (Phi) is 10.8. The molecule has 0 saturated carbocycles. The number of rotatable bonds is 11. The normalized spacial score (nSPS) is 10.9. The first-order valence-electron chi connectivity index (χ1n) is 7.33. The molecule has 0 unspecified atom stereocenters. The molecule has 0 aliphatic heterocycles. The van der Waals surface area contributed by atoms with E-state index in [0.29, 0.717) is 13.1 Å². The first-order valence-corrected chi connectivity index (χ1v) is 7.33. The third-order valence-corrected chi connectivity index (χ3v) is 3.20. The maximum Gasteiger partial charge on any atom is 0.136 e. The highest BCUT2D eigenvalue weighted by Crippen LogP contribution is 2.01. The van der Waals surface area contributed by atoms with Crippen molar-refractivity contribution in [1.29, 1.82) is 0 Å². The van der Waals surface area contributed by atoms with Gasteiger partial charge in [0.2, 0.25) is 0 Å². The summed E-state index contributed by atoms with van der Waals surface area (Å²) < 4.78 is 0. The molecule has 0 spiro atoms. The fourth-order valence-corrected chi connectivity index (χ4v) is 1.96. The van der Waals surface area contributed by atoms with E-state index in [2.05, 4.69) is 18.7 Å². The van der Waals surface area contributed by atoms with Crippen LogP contribution < -0.4 is 5.11 Å². The standard InChI is InChI=1S/C14H30N2O2/c1-4-7-10-15(11-8-5-2)12-9-13-16(6-3)14(17)18/h4-13H2,1-3H3,(H,17,18)/p-1. The first kappa shape index (κ1) is 17.2. The lowest BCUT2D eigenvalue weighted by atomic mass is 10.2. The lowest BCUT2D eigenvalue weighted by Gasteiger charge is -2.26. The Morgan fingerprint density at radius 1 is 0.889 bits per heavy atom. The van der Waals surface area contributed by atoms with Gasteiger partial charge in [0.05, 0.1) is 0 Å². The Labute approximate surface area is 112 Å². The van der Waals surface area contributed by atoms with Crippen LogP contribution in [0.2, 0.25) is 0 Å². The number of unbranched alkanes of at least 4 members (excludes halogenated alkanes) is 2. The van der Waals surface area contributed by atoms with Gasteiger partial charge in [0.1, 0.15) is 6.09 Å². The molecule has 0 bridgehead atoms. The van der Waals surface area contributed by atoms with E-state index >= 15 is 0 Å². The Bertz CT molecular complexity index is 202. The molecular formula is C14H29N2O2-. The average Bonchev–Trinajstić information content (AvgIpc) is 2.36. The SMILES string of the molecule is CCCCN(CCCC)CCCN(CC)C(=O)[O-]. The molecule has 0 saturated heterocycles. The van der Waals surface area contributed by atoms with Crippen molar-refractivity contribution >= 4 is 6.09 Å². The molecule has 0 aliphatic carbocycles. The van der Waals surface area contributed by atoms with E-state index in [1.54, 1.807) is 0 Å². The molecule has 0 atom stereocenters. The van der Waals surface area contributed by atoms with Crippen molar-refractivity contribution in [1.82, 2.24) is 9.80 Å². The highest BCUT2D eigenvalue weighted by Gasteiger charge is 2.06. The number of amides is 1. The highest BCUT2D eigenvalue weighted by atomic mass is 16.4. The summed E-state index contributed by atoms with van der Waals surface area (Å²) in [5.74, 6) is 0. The van der Waals surface area contributed by atoms with Gasteiger partial charge in [0.15, 0.2) is 0 Å². The molecule has 4 nitrogen and oxygen atoms in total. The van der Waals surface area contributed by atoms with Gasteiger partial charge >= 0.3 is 0 Å². The lowest BCUT2D eigenvalue weighted by Crippen LogP contribution is -2.42. The van der Waals surface area contributed by atoms with Crippen LogP contribution in [-0.2, 0) is 0 Å². The molecular weight excluding hydrogens is 228 g/mol. The summed E-state index contributed by atoms with van der Waals surface area (Å²) in [6, 6.07) is 0. The van der Waals surface area contributed by atoms with Crippen molar-refractivity contribution in [2.45, 2.75) is 52.9 Å². The van der Waals surface area contributed by atoms with Crippen molar-refractivity contribution < 1.29 is 9.90 Å². The molecule has 0 fully saturated rings. The maximum absolute atomic E-state index is 10.8. The highest BCUT2D eigenvalue weighted by molar-refractivity contribution is 5.62. The third kappa shape index (κ3) is 8.34. The minimum Gasteiger partial charge on any atom is -0.530 e. The third-order valence-electron chi connectivity index (χ3n) is 3.20. The molecule has 18 heavy (non-hydrogen) atoms. The molecule has 0 aromatic carbocycles. The lowest BCUT2D eigenvalue weighted by molar-refractivity contribution is -0.265. The monoisotopic (exact) mass is 257 g/mol. The van der Waals surface area contributed by atoms with Gasteiger partial charge in [-0.3, -0.25) is 0 Å². The maximum atomic E-state index is 10.8. The summed E-state index contributed by atoms with van der Waals surface area (Å²) in [5, 5.41) is 10.8. The summed E-state index contributed by atoms with van der Waals surface area (Å²) in [4.78, 5) is 14.6. The summed E-state index contributed by atoms with van der Waals surface area (Å²) in [7, 11) is 0. The van der Waals surface area contributed by atoms with Crippen molar-refractivity contribution in [3.05, 3.63) is 0 Å². The molecule has 1 amide bonds. The molecule has 0 aromatic rings. The number of hydrogen-bond acceptors (Lipinski definition) is 3. The Morgan fingerprint density at radius 2 is 1.39 bits per heavy atom. The van der Waals surface area contributed by atoms with Gasteiger partial charge in [-0.15, -0.1) is 0 Å². The zero-order valence-electron chi connectivity index (χ0n) is 12.3. The van der Waals surface area contributed by atoms with Crippen LogP contribution in [0.5, 0.6) is 0 Å². The van der Waals surface area contributed by atoms with Crippen LogP contribution in [0.15, 0.2) is 0 Å². The quantitative estimate of drug-likeness (QED) is 0.568. The zero-order valence-corrected chi connectivity index (χ0v) is 12.3. The van der Waals surface area contributed by atoms with Crippen LogP contribution in [0.4, 0.5) is 4.79 Å². The number of carbonyl (C=O) groups excluding carboxylic acids is 1. The second kappa shape index (κ2) is 11.3. The molecule has 0 rings (SSSR count). The number of hydrogen-bond donors (Lipinski definition) is 0. The van der Waals surface area contributed by atoms with E-state index in [4.69, 9.17) is 0 Å². The first-order chi connectivity index (χ1) is 8.65. The summed E-state index contributed by atoms with van der Waals surface area (Å²) >= 11 is 0. The van der Waals surface area contributed by atoms with Crippen LogP contribution in [0.1, 0.15) is 52.9 Å². The van der Waals surface area contributed by atoms with Crippen molar-refractivity contribution in [2.75, 3.05) is 32.7 Å². The minimum atomic E-state index is -1.05. The number of nitrogens with zero attached hydrogens (tertiary/aromatic N) is 2. The van der Waals surface area contributed by atoms with Gasteiger partial charge < -0.3 is 19.7 Å². The summed E-state index contributed by atoms with van der Waals surface area (Å²) in [5.41, 5.74) is 0. The minimum absolute atomic E-state index is 0.520. The van der Waals surface area contributed by atoms with Gasteiger partial charge in [0.25, 0.3) is 0 Å². The van der Waals surface area contributed by atoms with E-state index in [0.717, 1.165) is 26.1 Å². The van der Waals surface area contributed by atoms with Crippen LogP contribution in [0, 0.1) is 0 Å². The van der Waals surface area contributed by atoms with E-state index < -0.39 is 6.09 Å². The summed E-state index contributed by atoms with van der Waals surface area (Å²) in [6.45, 7) is 10.6. The fourth-order valence-electron chi connectivity index (χ4n) is 1.96. The van der Waals surface area contributed by atoms with Gasteiger partial charge in [0, 0.05) is 13.1 Å². The predicted octanol–water partition coefficient (Wildman–Crippen LogP) is 1.94. The molecule has 108 valence electrons. The van der Waals surface area contributed by atoms with Gasteiger partial charge in [-0.1, -0.05) is 26.7 Å². The van der Waals surface area contributed by atoms with Gasteiger partial charge in [-0.05, 0) is 45.8 Å². The molecule has 4 heteroatoms. The van der Waals surface area contributed by atoms with Crippen molar-refractivity contribution in [2.24, 2.45) is 0 Å². The largest absolute Gasteiger partial charge is 0.530 e. The van der Waals surface area contributed by atoms with E-state index in [1.165, 1.54) is 30.6 Å². The van der Waals surface area contributed by atoms with E-state index in [-0.39, 0.29) is 0 Å². The van der Waals surface area contributed by atoms with E-state index in [9.17, 15) is 9.90 Å². The predicted molar refractivity (Wildman–Crippen MR) is 73.5 cm³/mol. The Balaban J connectivity index is 3.88. The Hall–Kier alpha value is -0.770. The molecule has 0 aliphatic rings. The van der Waals surface area contributed by atoms with Crippen molar-refractivity contribution in [3.8, 4) is 0 Å². The molecule has 0 heterocycles. The van der Waals surface area contributed by atoms with Crippen LogP contribution >= 0.6 is 0 Å². The van der Waals surface area contributed by atoms with Crippen LogP contribution in [0.25, 0.3) is 0 Å². The number of carbonyl (C=O) groups is 1. The topological polar surface area (TPSA) is 46.6 Å². The summed E-state index contributed by atoms with van der Waals surface area (Å²) in [6.07, 6.45) is 4.72. The number of carboxylic acid groups (broad SMARTS) is 1. The van der Waals surface area contributed by atoms with Crippen LogP contribution in [-0.4, -0.2) is 48.6 Å². The average molecular weight is 257 g/mol. The smallest absolute Gasteiger partial charge is 0.136 e. The van der Waals surface area contributed by atoms with Gasteiger partial charge in [-0.2, -0.15) is 0 Å². The Morgan fingerprint density at radius 3 is 1.78 bits per heavy atom. The van der Waals surface area contributed by atoms with Crippen molar-refractivity contribution in [3.63, 3.8) is 0 Å². The second-order valence-corrected chi connectivity index (χ2v) is 4.75.